The first-order valence-corrected chi connectivity index (χ1v) is 7.28. The minimum atomic E-state index is 0.634. The summed E-state index contributed by atoms with van der Waals surface area (Å²) in [7, 11) is 0. The average molecular weight is 311 g/mol. The zero-order valence-electron chi connectivity index (χ0n) is 9.90. The van der Waals surface area contributed by atoms with Gasteiger partial charge in [-0.2, -0.15) is 0 Å². The zero-order chi connectivity index (χ0) is 12.3. The van der Waals surface area contributed by atoms with Crippen molar-refractivity contribution in [3.63, 3.8) is 0 Å². The second-order valence-corrected chi connectivity index (χ2v) is 6.09. The molecule has 0 atom stereocenters. The Hall–Kier alpha value is -0.870. The van der Waals surface area contributed by atoms with Gasteiger partial charge in [-0.1, -0.05) is 41.9 Å². The van der Waals surface area contributed by atoms with Crippen molar-refractivity contribution in [2.45, 2.75) is 13.8 Å². The summed E-state index contributed by atoms with van der Waals surface area (Å²) in [5.41, 5.74) is 2.19. The van der Waals surface area contributed by atoms with E-state index in [4.69, 9.17) is 0 Å². The van der Waals surface area contributed by atoms with E-state index < -0.39 is 0 Å². The molecule has 2 rings (SSSR count). The Morgan fingerprint density at radius 2 is 2.00 bits per heavy atom. The SMILES string of the molecule is CC(C)CNc1nc(-c2ccc(Br)cc2)cs1. The maximum absolute atomic E-state index is 4.57. The van der Waals surface area contributed by atoms with Gasteiger partial charge in [-0.05, 0) is 18.1 Å². The molecule has 0 radical (unpaired) electrons. The fraction of sp³-hybridized carbons (Fsp3) is 0.308. The minimum absolute atomic E-state index is 0.634. The molecule has 1 heterocycles. The van der Waals surface area contributed by atoms with Crippen molar-refractivity contribution >= 4 is 32.4 Å². The van der Waals surface area contributed by atoms with Gasteiger partial charge in [0.05, 0.1) is 5.69 Å². The summed E-state index contributed by atoms with van der Waals surface area (Å²) in [5, 5.41) is 6.43. The standard InChI is InChI=1S/C13H15BrN2S/c1-9(2)7-15-13-16-12(8-17-13)10-3-5-11(14)6-4-10/h3-6,8-9H,7H2,1-2H3,(H,15,16). The van der Waals surface area contributed by atoms with Crippen molar-refractivity contribution in [3.8, 4) is 11.3 Å². The molecule has 0 fully saturated rings. The molecule has 1 N–H and O–H groups in total. The molecule has 0 saturated carbocycles. The van der Waals surface area contributed by atoms with Gasteiger partial charge in [0.25, 0.3) is 0 Å². The van der Waals surface area contributed by atoms with E-state index in [1.54, 1.807) is 11.3 Å². The molecule has 2 nitrogen and oxygen atoms in total. The predicted molar refractivity (Wildman–Crippen MR) is 78.6 cm³/mol. The van der Waals surface area contributed by atoms with Gasteiger partial charge in [-0.25, -0.2) is 4.98 Å². The van der Waals surface area contributed by atoms with Gasteiger partial charge in [-0.15, -0.1) is 11.3 Å². The minimum Gasteiger partial charge on any atom is -0.361 e. The van der Waals surface area contributed by atoms with Crippen LogP contribution in [-0.4, -0.2) is 11.5 Å². The Morgan fingerprint density at radius 1 is 1.29 bits per heavy atom. The van der Waals surface area contributed by atoms with E-state index >= 15 is 0 Å². The third-order valence-corrected chi connectivity index (χ3v) is 3.63. The predicted octanol–water partition coefficient (Wildman–Crippen LogP) is 4.64. The van der Waals surface area contributed by atoms with Gasteiger partial charge in [0.1, 0.15) is 0 Å². The number of rotatable bonds is 4. The first kappa shape index (κ1) is 12.6. The molecule has 0 spiro atoms. The van der Waals surface area contributed by atoms with Gasteiger partial charge in [0.2, 0.25) is 0 Å². The number of hydrogen-bond acceptors (Lipinski definition) is 3. The second-order valence-electron chi connectivity index (χ2n) is 4.32. The van der Waals surface area contributed by atoms with Gasteiger partial charge < -0.3 is 5.32 Å². The number of hydrogen-bond donors (Lipinski definition) is 1. The van der Waals surface area contributed by atoms with E-state index in [1.165, 1.54) is 0 Å². The molecule has 0 unspecified atom stereocenters. The molecule has 0 saturated heterocycles. The highest BCUT2D eigenvalue weighted by atomic mass is 79.9. The van der Waals surface area contributed by atoms with Gasteiger partial charge in [0.15, 0.2) is 5.13 Å². The highest BCUT2D eigenvalue weighted by molar-refractivity contribution is 9.10. The lowest BCUT2D eigenvalue weighted by atomic mass is 10.2. The summed E-state index contributed by atoms with van der Waals surface area (Å²) >= 11 is 5.09. The van der Waals surface area contributed by atoms with E-state index in [1.807, 2.05) is 12.1 Å². The average Bonchev–Trinajstić information content (AvgIpc) is 2.76. The van der Waals surface area contributed by atoms with E-state index in [9.17, 15) is 0 Å². The van der Waals surface area contributed by atoms with Crippen LogP contribution in [0.1, 0.15) is 13.8 Å². The fourth-order valence-corrected chi connectivity index (χ4v) is 2.39. The largest absolute Gasteiger partial charge is 0.361 e. The van der Waals surface area contributed by atoms with Crippen molar-refractivity contribution in [1.29, 1.82) is 0 Å². The van der Waals surface area contributed by atoms with E-state index in [0.717, 1.165) is 27.4 Å². The molecule has 2 aromatic rings. The molecule has 0 aliphatic heterocycles. The summed E-state index contributed by atoms with van der Waals surface area (Å²) in [4.78, 5) is 4.57. The topological polar surface area (TPSA) is 24.9 Å². The Bertz CT molecular complexity index is 476. The molecular formula is C13H15BrN2S. The summed E-state index contributed by atoms with van der Waals surface area (Å²) in [6.45, 7) is 5.35. The maximum Gasteiger partial charge on any atom is 0.183 e. The highest BCUT2D eigenvalue weighted by Crippen LogP contribution is 2.26. The number of aromatic nitrogens is 1. The quantitative estimate of drug-likeness (QED) is 0.889. The van der Waals surface area contributed by atoms with Crippen LogP contribution >= 0.6 is 27.3 Å². The van der Waals surface area contributed by atoms with Crippen LogP contribution in [0.3, 0.4) is 0 Å². The van der Waals surface area contributed by atoms with Crippen molar-refractivity contribution < 1.29 is 0 Å². The first-order chi connectivity index (χ1) is 8.15. The van der Waals surface area contributed by atoms with Crippen LogP contribution in [0.4, 0.5) is 5.13 Å². The van der Waals surface area contributed by atoms with Crippen molar-refractivity contribution in [2.75, 3.05) is 11.9 Å². The normalized spacial score (nSPS) is 10.8. The third-order valence-electron chi connectivity index (χ3n) is 2.31. The van der Waals surface area contributed by atoms with Gasteiger partial charge in [0, 0.05) is 22.0 Å². The van der Waals surface area contributed by atoms with E-state index in [-0.39, 0.29) is 0 Å². The lowest BCUT2D eigenvalue weighted by Crippen LogP contribution is -2.07. The van der Waals surface area contributed by atoms with E-state index in [2.05, 4.69) is 57.6 Å². The van der Waals surface area contributed by atoms with Crippen LogP contribution in [0.2, 0.25) is 0 Å². The Labute approximate surface area is 114 Å². The van der Waals surface area contributed by atoms with Crippen molar-refractivity contribution in [3.05, 3.63) is 34.1 Å². The molecule has 0 aliphatic rings. The summed E-state index contributed by atoms with van der Waals surface area (Å²) in [5.74, 6) is 0.634. The number of halogens is 1. The van der Waals surface area contributed by atoms with Crippen LogP contribution in [0.15, 0.2) is 34.1 Å². The lowest BCUT2D eigenvalue weighted by Gasteiger charge is -2.04. The number of thiazole rings is 1. The van der Waals surface area contributed by atoms with Crippen LogP contribution in [0.5, 0.6) is 0 Å². The Kier molecular flexibility index (Phi) is 4.18. The smallest absolute Gasteiger partial charge is 0.183 e. The third kappa shape index (κ3) is 3.54. The lowest BCUT2D eigenvalue weighted by molar-refractivity contribution is 0.688. The fourth-order valence-electron chi connectivity index (χ4n) is 1.40. The number of nitrogens with one attached hydrogen (secondary N) is 1. The molecule has 0 aliphatic carbocycles. The zero-order valence-corrected chi connectivity index (χ0v) is 12.3. The number of benzene rings is 1. The molecule has 1 aromatic carbocycles. The van der Waals surface area contributed by atoms with Crippen molar-refractivity contribution in [2.24, 2.45) is 5.92 Å². The molecule has 17 heavy (non-hydrogen) atoms. The molecule has 0 bridgehead atoms. The number of nitrogens with zero attached hydrogens (tertiary/aromatic N) is 1. The molecule has 4 heteroatoms. The molecular weight excluding hydrogens is 296 g/mol. The van der Waals surface area contributed by atoms with Crippen LogP contribution in [0, 0.1) is 5.92 Å². The number of anilines is 1. The van der Waals surface area contributed by atoms with Crippen LogP contribution < -0.4 is 5.32 Å². The molecule has 0 amide bonds. The maximum atomic E-state index is 4.57. The van der Waals surface area contributed by atoms with E-state index in [0.29, 0.717) is 5.92 Å². The van der Waals surface area contributed by atoms with Crippen LogP contribution in [0.25, 0.3) is 11.3 Å². The first-order valence-electron chi connectivity index (χ1n) is 5.60. The second kappa shape index (κ2) is 5.65. The van der Waals surface area contributed by atoms with Crippen LogP contribution in [-0.2, 0) is 0 Å². The monoisotopic (exact) mass is 310 g/mol. The Morgan fingerprint density at radius 3 is 2.65 bits per heavy atom. The molecule has 90 valence electrons. The molecule has 1 aromatic heterocycles. The van der Waals surface area contributed by atoms with Crippen molar-refractivity contribution in [1.82, 2.24) is 4.98 Å². The highest BCUT2D eigenvalue weighted by Gasteiger charge is 2.04. The van der Waals surface area contributed by atoms with Gasteiger partial charge >= 0.3 is 0 Å². The summed E-state index contributed by atoms with van der Waals surface area (Å²) in [6, 6.07) is 8.22. The van der Waals surface area contributed by atoms with Gasteiger partial charge in [-0.3, -0.25) is 0 Å². The Balaban J connectivity index is 2.10. The summed E-state index contributed by atoms with van der Waals surface area (Å²) < 4.78 is 1.09. The summed E-state index contributed by atoms with van der Waals surface area (Å²) in [6.07, 6.45) is 0.